The molecular weight excluding hydrogens is 371 g/mol. The lowest BCUT2D eigenvalue weighted by Crippen LogP contribution is -2.41. The minimum Gasteiger partial charge on any atom is -0.324 e. The predicted molar refractivity (Wildman–Crippen MR) is 100 cm³/mol. The van der Waals surface area contributed by atoms with Crippen LogP contribution in [0.3, 0.4) is 0 Å². The number of nitrogens with one attached hydrogen (secondary N) is 1. The number of para-hydroxylation sites is 2. The van der Waals surface area contributed by atoms with Gasteiger partial charge in [0.25, 0.3) is 0 Å². The molecule has 0 saturated carbocycles. The summed E-state index contributed by atoms with van der Waals surface area (Å²) in [6.07, 6.45) is -3.78. The Bertz CT molecular complexity index is 883. The van der Waals surface area contributed by atoms with Crippen molar-refractivity contribution in [2.45, 2.75) is 12.6 Å². The number of hydrogen-bond acceptors (Lipinski definition) is 3. The number of nitrogens with zero attached hydrogens (tertiary/aromatic N) is 2. The van der Waals surface area contributed by atoms with Gasteiger partial charge in [-0.3, -0.25) is 14.5 Å². The van der Waals surface area contributed by atoms with Gasteiger partial charge < -0.3 is 10.2 Å². The van der Waals surface area contributed by atoms with E-state index in [-0.39, 0.29) is 24.7 Å². The highest BCUT2D eigenvalue weighted by atomic mass is 19.4. The van der Waals surface area contributed by atoms with Gasteiger partial charge in [-0.15, -0.1) is 0 Å². The molecule has 0 atom stereocenters. The topological polar surface area (TPSA) is 52.7 Å². The van der Waals surface area contributed by atoms with Gasteiger partial charge in [0.2, 0.25) is 11.8 Å². The fraction of sp³-hybridized carbons (Fsp3) is 0.300. The van der Waals surface area contributed by atoms with Gasteiger partial charge >= 0.3 is 6.18 Å². The summed E-state index contributed by atoms with van der Waals surface area (Å²) >= 11 is 0. The minimum atomic E-state index is -4.56. The second-order valence-electron chi connectivity index (χ2n) is 6.69. The van der Waals surface area contributed by atoms with Crippen LogP contribution in [0.25, 0.3) is 0 Å². The van der Waals surface area contributed by atoms with Crippen molar-refractivity contribution in [3.63, 3.8) is 0 Å². The average molecular weight is 391 g/mol. The summed E-state index contributed by atoms with van der Waals surface area (Å²) in [6.45, 7) is 0.368. The van der Waals surface area contributed by atoms with Gasteiger partial charge in [-0.05, 0) is 37.2 Å². The van der Waals surface area contributed by atoms with Crippen LogP contribution < -0.4 is 10.2 Å². The third kappa shape index (κ3) is 4.51. The lowest BCUT2D eigenvalue weighted by molar-refractivity contribution is -0.137. The van der Waals surface area contributed by atoms with E-state index in [1.165, 1.54) is 23.1 Å². The number of likely N-dealkylation sites (N-methyl/N-ethyl adjacent to an activating group) is 1. The third-order valence-corrected chi connectivity index (χ3v) is 4.51. The largest absolute Gasteiger partial charge is 0.418 e. The van der Waals surface area contributed by atoms with Crippen LogP contribution in [-0.4, -0.2) is 43.4 Å². The molecule has 2 aromatic rings. The highest BCUT2D eigenvalue weighted by Gasteiger charge is 2.33. The quantitative estimate of drug-likeness (QED) is 0.852. The fourth-order valence-electron chi connectivity index (χ4n) is 3.24. The second-order valence-corrected chi connectivity index (χ2v) is 6.69. The van der Waals surface area contributed by atoms with Crippen molar-refractivity contribution in [1.82, 2.24) is 4.90 Å². The summed E-state index contributed by atoms with van der Waals surface area (Å²) in [7, 11) is 1.58. The summed E-state index contributed by atoms with van der Waals surface area (Å²) in [5.74, 6) is -0.773. The normalized spacial score (nSPS) is 13.5. The smallest absolute Gasteiger partial charge is 0.324 e. The molecule has 0 spiro atoms. The molecule has 8 heteroatoms. The van der Waals surface area contributed by atoms with Crippen LogP contribution in [0.1, 0.15) is 11.1 Å². The minimum absolute atomic E-state index is 0.0112. The van der Waals surface area contributed by atoms with E-state index in [0.29, 0.717) is 6.54 Å². The molecule has 2 amide bonds. The second kappa shape index (κ2) is 8.02. The van der Waals surface area contributed by atoms with Gasteiger partial charge in [0.15, 0.2) is 0 Å². The molecule has 1 heterocycles. The molecule has 0 unspecified atom stereocenters. The van der Waals surface area contributed by atoms with E-state index in [4.69, 9.17) is 0 Å². The van der Waals surface area contributed by atoms with Crippen LogP contribution in [0.4, 0.5) is 24.5 Å². The van der Waals surface area contributed by atoms with Crippen LogP contribution in [0.5, 0.6) is 0 Å². The van der Waals surface area contributed by atoms with Gasteiger partial charge in [-0.1, -0.05) is 30.3 Å². The molecule has 28 heavy (non-hydrogen) atoms. The van der Waals surface area contributed by atoms with Gasteiger partial charge in [0.05, 0.1) is 24.3 Å². The first kappa shape index (κ1) is 19.9. The first-order valence-corrected chi connectivity index (χ1v) is 8.78. The summed E-state index contributed by atoms with van der Waals surface area (Å²) < 4.78 is 39.0. The standard InChI is InChI=1S/C20H20F3N3O2/c1-25(13-19(28)26-11-10-14-6-2-5-9-17(14)26)12-18(27)24-16-8-4-3-7-15(16)20(21,22)23/h2-9H,10-13H2,1H3,(H,24,27). The molecule has 3 rings (SSSR count). The first-order valence-electron chi connectivity index (χ1n) is 8.78. The Morgan fingerprint density at radius 3 is 2.50 bits per heavy atom. The van der Waals surface area contributed by atoms with Crippen molar-refractivity contribution in [2.75, 3.05) is 36.9 Å². The van der Waals surface area contributed by atoms with Crippen LogP contribution in [-0.2, 0) is 22.2 Å². The van der Waals surface area contributed by atoms with E-state index in [1.807, 2.05) is 24.3 Å². The molecule has 0 fully saturated rings. The van der Waals surface area contributed by atoms with Crippen molar-refractivity contribution >= 4 is 23.2 Å². The van der Waals surface area contributed by atoms with Gasteiger partial charge in [0.1, 0.15) is 0 Å². The van der Waals surface area contributed by atoms with E-state index in [0.717, 1.165) is 23.7 Å². The van der Waals surface area contributed by atoms with Crippen molar-refractivity contribution in [1.29, 1.82) is 0 Å². The third-order valence-electron chi connectivity index (χ3n) is 4.51. The molecule has 1 aliphatic rings. The van der Waals surface area contributed by atoms with Crippen molar-refractivity contribution in [3.8, 4) is 0 Å². The van der Waals surface area contributed by atoms with Gasteiger partial charge in [-0.25, -0.2) is 0 Å². The van der Waals surface area contributed by atoms with Crippen molar-refractivity contribution in [2.24, 2.45) is 0 Å². The van der Waals surface area contributed by atoms with E-state index in [9.17, 15) is 22.8 Å². The number of carbonyl (C=O) groups excluding carboxylic acids is 2. The zero-order chi connectivity index (χ0) is 20.3. The lowest BCUT2D eigenvalue weighted by Gasteiger charge is -2.22. The van der Waals surface area contributed by atoms with Crippen LogP contribution >= 0.6 is 0 Å². The Morgan fingerprint density at radius 1 is 1.07 bits per heavy atom. The van der Waals surface area contributed by atoms with Gasteiger partial charge in [0, 0.05) is 12.2 Å². The van der Waals surface area contributed by atoms with Crippen molar-refractivity contribution in [3.05, 3.63) is 59.7 Å². The van der Waals surface area contributed by atoms with E-state index < -0.39 is 17.6 Å². The number of fused-ring (bicyclic) bond motifs is 1. The Balaban J connectivity index is 1.58. The highest BCUT2D eigenvalue weighted by Crippen LogP contribution is 2.34. The zero-order valence-electron chi connectivity index (χ0n) is 15.3. The molecule has 5 nitrogen and oxygen atoms in total. The number of hydrogen-bond donors (Lipinski definition) is 1. The number of rotatable bonds is 5. The number of carbonyl (C=O) groups is 2. The average Bonchev–Trinajstić information content (AvgIpc) is 3.05. The Kier molecular flexibility index (Phi) is 5.69. The summed E-state index contributed by atoms with van der Waals surface area (Å²) in [4.78, 5) is 27.9. The molecule has 0 radical (unpaired) electrons. The summed E-state index contributed by atoms with van der Waals surface area (Å²) in [6, 6.07) is 12.4. The number of anilines is 2. The molecule has 2 aromatic carbocycles. The van der Waals surface area contributed by atoms with E-state index >= 15 is 0 Å². The Labute approximate surface area is 160 Å². The molecule has 1 aliphatic heterocycles. The molecule has 0 saturated heterocycles. The number of alkyl halides is 3. The zero-order valence-corrected chi connectivity index (χ0v) is 15.3. The fourth-order valence-corrected chi connectivity index (χ4v) is 3.24. The molecule has 0 aromatic heterocycles. The molecule has 0 bridgehead atoms. The first-order chi connectivity index (χ1) is 13.3. The summed E-state index contributed by atoms with van der Waals surface area (Å²) in [5, 5.41) is 2.28. The molecular formula is C20H20F3N3O2. The maximum atomic E-state index is 13.0. The highest BCUT2D eigenvalue weighted by molar-refractivity contribution is 5.97. The summed E-state index contributed by atoms with van der Waals surface area (Å²) in [5.41, 5.74) is 0.758. The molecule has 148 valence electrons. The number of halogens is 3. The van der Waals surface area contributed by atoms with Crippen LogP contribution in [0.2, 0.25) is 0 Å². The molecule has 1 N–H and O–H groups in total. The van der Waals surface area contributed by atoms with E-state index in [2.05, 4.69) is 5.32 Å². The maximum absolute atomic E-state index is 13.0. The lowest BCUT2D eigenvalue weighted by atomic mass is 10.1. The Morgan fingerprint density at radius 2 is 1.75 bits per heavy atom. The van der Waals surface area contributed by atoms with E-state index in [1.54, 1.807) is 11.9 Å². The number of benzene rings is 2. The SMILES string of the molecule is CN(CC(=O)Nc1ccccc1C(F)(F)F)CC(=O)N1CCc2ccccc21. The predicted octanol–water partition coefficient (Wildman–Crippen LogP) is 3.17. The Hall–Kier alpha value is -2.87. The number of amides is 2. The molecule has 0 aliphatic carbocycles. The monoisotopic (exact) mass is 391 g/mol. The van der Waals surface area contributed by atoms with Crippen LogP contribution in [0, 0.1) is 0 Å². The van der Waals surface area contributed by atoms with Crippen molar-refractivity contribution < 1.29 is 22.8 Å². The maximum Gasteiger partial charge on any atom is 0.418 e. The van der Waals surface area contributed by atoms with Gasteiger partial charge in [-0.2, -0.15) is 13.2 Å². The van der Waals surface area contributed by atoms with Crippen LogP contribution in [0.15, 0.2) is 48.5 Å².